The van der Waals surface area contributed by atoms with Crippen LogP contribution in [0.5, 0.6) is 5.75 Å². The van der Waals surface area contributed by atoms with Gasteiger partial charge in [0.25, 0.3) is 0 Å². The van der Waals surface area contributed by atoms with Gasteiger partial charge in [0.05, 0.1) is 12.5 Å². The Hall–Kier alpha value is -1.71. The third kappa shape index (κ3) is 4.65. The lowest BCUT2D eigenvalue weighted by Gasteiger charge is -2.17. The van der Waals surface area contributed by atoms with Crippen LogP contribution in [-0.4, -0.2) is 23.9 Å². The monoisotopic (exact) mass is 351 g/mol. The Balaban J connectivity index is 3.54. The number of halogens is 7. The van der Waals surface area contributed by atoms with Crippen LogP contribution in [0.25, 0.3) is 0 Å². The second-order valence-corrected chi connectivity index (χ2v) is 4.01. The van der Waals surface area contributed by atoms with E-state index in [1.807, 2.05) is 0 Å². The fraction of sp³-hybridized carbons (Fsp3) is 0.455. The molecule has 0 aromatic carbocycles. The van der Waals surface area contributed by atoms with Gasteiger partial charge in [-0.25, -0.2) is 9.78 Å². The summed E-state index contributed by atoms with van der Waals surface area (Å²) in [6.45, 7) is 1.04. The van der Waals surface area contributed by atoms with Crippen molar-refractivity contribution in [3.05, 3.63) is 23.0 Å². The number of hydrogen-bond donors (Lipinski definition) is 0. The Labute approximate surface area is 125 Å². The van der Waals surface area contributed by atoms with Crippen LogP contribution >= 0.6 is 11.6 Å². The van der Waals surface area contributed by atoms with Crippen LogP contribution in [0.4, 0.5) is 26.3 Å². The number of hydrogen-bond acceptors (Lipinski definition) is 4. The quantitative estimate of drug-likeness (QED) is 0.469. The molecule has 0 radical (unpaired) electrons. The molecule has 4 nitrogen and oxygen atoms in total. The molecule has 1 aromatic rings. The molecule has 0 spiro atoms. The van der Waals surface area contributed by atoms with Gasteiger partial charge in [-0.1, -0.05) is 0 Å². The number of aromatic nitrogens is 1. The Kier molecular flexibility index (Phi) is 5.49. The largest absolute Gasteiger partial charge is 0.573 e. The van der Waals surface area contributed by atoms with Crippen LogP contribution in [0.3, 0.4) is 0 Å². The SMILES string of the molecule is CCOC(=O)c1nc(C(F)(F)F)cc(CCl)c1OC(F)(F)F. The van der Waals surface area contributed by atoms with E-state index in [0.29, 0.717) is 0 Å². The van der Waals surface area contributed by atoms with Gasteiger partial charge in [-0.05, 0) is 13.0 Å². The van der Waals surface area contributed by atoms with E-state index < -0.39 is 47.1 Å². The molecule has 0 saturated heterocycles. The van der Waals surface area contributed by atoms with Crippen LogP contribution in [0.15, 0.2) is 6.07 Å². The number of rotatable bonds is 4. The summed E-state index contributed by atoms with van der Waals surface area (Å²) >= 11 is 5.34. The van der Waals surface area contributed by atoms with Crippen molar-refractivity contribution in [2.45, 2.75) is 25.3 Å². The molecule has 0 atom stereocenters. The smallest absolute Gasteiger partial charge is 0.461 e. The van der Waals surface area contributed by atoms with Crippen LogP contribution in [-0.2, 0) is 16.8 Å². The van der Waals surface area contributed by atoms with E-state index in [2.05, 4.69) is 14.5 Å². The number of pyridine rings is 1. The van der Waals surface area contributed by atoms with Gasteiger partial charge >= 0.3 is 18.5 Å². The van der Waals surface area contributed by atoms with Gasteiger partial charge < -0.3 is 9.47 Å². The molecular formula is C11H8ClF6NO3. The van der Waals surface area contributed by atoms with Crippen LogP contribution in [0.2, 0.25) is 0 Å². The average molecular weight is 352 g/mol. The number of carbonyl (C=O) groups is 1. The first-order valence-corrected chi connectivity index (χ1v) is 6.13. The first kappa shape index (κ1) is 18.3. The highest BCUT2D eigenvalue weighted by Gasteiger charge is 2.39. The molecule has 1 rings (SSSR count). The molecule has 1 heterocycles. The Morgan fingerprint density at radius 3 is 2.27 bits per heavy atom. The molecule has 0 N–H and O–H groups in total. The predicted molar refractivity (Wildman–Crippen MR) is 61.4 cm³/mol. The third-order valence-electron chi connectivity index (χ3n) is 2.17. The first-order valence-electron chi connectivity index (χ1n) is 5.59. The predicted octanol–water partition coefficient (Wildman–Crippen LogP) is 3.91. The Morgan fingerprint density at radius 2 is 1.86 bits per heavy atom. The van der Waals surface area contributed by atoms with Crippen molar-refractivity contribution in [3.63, 3.8) is 0 Å². The summed E-state index contributed by atoms with van der Waals surface area (Å²) in [5.41, 5.74) is -3.52. The van der Waals surface area contributed by atoms with E-state index in [1.54, 1.807) is 0 Å². The van der Waals surface area contributed by atoms with Crippen molar-refractivity contribution in [3.8, 4) is 5.75 Å². The summed E-state index contributed by atoms with van der Waals surface area (Å²) in [4.78, 5) is 14.4. The molecular weight excluding hydrogens is 344 g/mol. The number of ether oxygens (including phenoxy) is 2. The maximum Gasteiger partial charge on any atom is 0.573 e. The Bertz CT molecular complexity index is 558. The summed E-state index contributed by atoms with van der Waals surface area (Å²) in [5, 5.41) is 0. The van der Waals surface area contributed by atoms with E-state index in [4.69, 9.17) is 11.6 Å². The fourth-order valence-corrected chi connectivity index (χ4v) is 1.60. The topological polar surface area (TPSA) is 48.4 Å². The normalized spacial score (nSPS) is 12.2. The number of alkyl halides is 7. The van der Waals surface area contributed by atoms with Crippen molar-refractivity contribution in [2.75, 3.05) is 6.61 Å². The fourth-order valence-electron chi connectivity index (χ4n) is 1.40. The zero-order chi connectivity index (χ0) is 17.1. The zero-order valence-corrected chi connectivity index (χ0v) is 11.6. The van der Waals surface area contributed by atoms with E-state index in [9.17, 15) is 31.1 Å². The van der Waals surface area contributed by atoms with Gasteiger partial charge in [0.15, 0.2) is 11.4 Å². The second kappa shape index (κ2) is 6.59. The number of esters is 1. The average Bonchev–Trinajstić information content (AvgIpc) is 2.35. The van der Waals surface area contributed by atoms with Gasteiger partial charge in [-0.2, -0.15) is 13.2 Å². The molecule has 0 saturated carbocycles. The molecule has 22 heavy (non-hydrogen) atoms. The highest BCUT2D eigenvalue weighted by Crippen LogP contribution is 2.36. The molecule has 0 unspecified atom stereocenters. The van der Waals surface area contributed by atoms with Crippen LogP contribution in [0, 0.1) is 0 Å². The minimum absolute atomic E-state index is 0.275. The van der Waals surface area contributed by atoms with E-state index in [0.717, 1.165) is 0 Å². The molecule has 0 aliphatic rings. The van der Waals surface area contributed by atoms with E-state index >= 15 is 0 Å². The maximum absolute atomic E-state index is 12.7. The summed E-state index contributed by atoms with van der Waals surface area (Å²) in [7, 11) is 0. The zero-order valence-electron chi connectivity index (χ0n) is 10.8. The van der Waals surface area contributed by atoms with Crippen LogP contribution in [0.1, 0.15) is 28.7 Å². The number of nitrogens with zero attached hydrogens (tertiary/aromatic N) is 1. The van der Waals surface area contributed by atoms with Gasteiger partial charge in [-0.15, -0.1) is 24.8 Å². The van der Waals surface area contributed by atoms with Crippen molar-refractivity contribution in [1.82, 2.24) is 4.98 Å². The van der Waals surface area contributed by atoms with Crippen LogP contribution < -0.4 is 4.74 Å². The molecule has 11 heteroatoms. The summed E-state index contributed by atoms with van der Waals surface area (Å²) < 4.78 is 83.1. The molecule has 0 aliphatic carbocycles. The molecule has 0 bridgehead atoms. The molecule has 124 valence electrons. The van der Waals surface area contributed by atoms with Gasteiger partial charge in [0, 0.05) is 5.56 Å². The van der Waals surface area contributed by atoms with Crippen molar-refractivity contribution in [1.29, 1.82) is 0 Å². The molecule has 0 amide bonds. The Morgan fingerprint density at radius 1 is 1.27 bits per heavy atom. The standard InChI is InChI=1S/C11H8ClF6NO3/c1-2-21-9(20)7-8(22-11(16,17)18)5(4-12)3-6(19-7)10(13,14)15/h3H,2,4H2,1H3. The van der Waals surface area contributed by atoms with Gasteiger partial charge in [-0.3, -0.25) is 0 Å². The highest BCUT2D eigenvalue weighted by molar-refractivity contribution is 6.17. The third-order valence-corrected chi connectivity index (χ3v) is 2.46. The summed E-state index contributed by atoms with van der Waals surface area (Å²) in [5.74, 6) is -3.46. The van der Waals surface area contributed by atoms with E-state index in [-0.39, 0.29) is 12.7 Å². The maximum atomic E-state index is 12.7. The highest BCUT2D eigenvalue weighted by atomic mass is 35.5. The van der Waals surface area contributed by atoms with E-state index in [1.165, 1.54) is 6.92 Å². The second-order valence-electron chi connectivity index (χ2n) is 3.74. The van der Waals surface area contributed by atoms with Gasteiger partial charge in [0.2, 0.25) is 0 Å². The minimum Gasteiger partial charge on any atom is -0.461 e. The molecule has 0 fully saturated rings. The summed E-state index contributed by atoms with van der Waals surface area (Å²) in [6, 6.07) is 0.275. The first-order chi connectivity index (χ1) is 9.99. The molecule has 0 aliphatic heterocycles. The summed E-state index contributed by atoms with van der Waals surface area (Å²) in [6.07, 6.45) is -10.2. The lowest BCUT2D eigenvalue weighted by molar-refractivity contribution is -0.275. The minimum atomic E-state index is -5.25. The van der Waals surface area contributed by atoms with Crippen molar-refractivity contribution < 1.29 is 40.6 Å². The lowest BCUT2D eigenvalue weighted by atomic mass is 10.1. The number of carbonyl (C=O) groups excluding carboxylic acids is 1. The lowest BCUT2D eigenvalue weighted by Crippen LogP contribution is -2.23. The molecule has 1 aromatic heterocycles. The van der Waals surface area contributed by atoms with Crippen molar-refractivity contribution in [2.24, 2.45) is 0 Å². The van der Waals surface area contributed by atoms with Crippen molar-refractivity contribution >= 4 is 17.6 Å². The van der Waals surface area contributed by atoms with Gasteiger partial charge in [0.1, 0.15) is 5.69 Å².